The Morgan fingerprint density at radius 1 is 1.12 bits per heavy atom. The quantitative estimate of drug-likeness (QED) is 0.448. The van der Waals surface area contributed by atoms with Crippen molar-refractivity contribution in [1.29, 1.82) is 0 Å². The van der Waals surface area contributed by atoms with Crippen LogP contribution >= 0.6 is 11.6 Å². The number of carbonyl (C=O) groups excluding carboxylic acids is 1. The molecule has 124 valence electrons. The number of aromatic amines is 2. The van der Waals surface area contributed by atoms with Crippen molar-refractivity contribution in [2.45, 2.75) is 0 Å². The molecule has 0 bridgehead atoms. The number of nitrogens with one attached hydrogen (secondary N) is 3. The zero-order valence-electron chi connectivity index (χ0n) is 13.0. The number of carbonyl (C=O) groups is 1. The van der Waals surface area contributed by atoms with Crippen molar-refractivity contribution in [1.82, 2.24) is 15.0 Å². The lowest BCUT2D eigenvalue weighted by Crippen LogP contribution is -2.12. The summed E-state index contributed by atoms with van der Waals surface area (Å²) < 4.78 is 0. The molecule has 7 heteroatoms. The van der Waals surface area contributed by atoms with Gasteiger partial charge in [0.25, 0.3) is 5.91 Å². The Morgan fingerprint density at radius 2 is 2.00 bits per heavy atom. The molecule has 6 nitrogen and oxygen atoms in total. The van der Waals surface area contributed by atoms with Crippen LogP contribution in [-0.4, -0.2) is 20.9 Å². The predicted molar refractivity (Wildman–Crippen MR) is 99.7 cm³/mol. The van der Waals surface area contributed by atoms with Crippen molar-refractivity contribution < 1.29 is 4.79 Å². The van der Waals surface area contributed by atoms with Crippen LogP contribution in [0.5, 0.6) is 0 Å². The van der Waals surface area contributed by atoms with Gasteiger partial charge in [-0.2, -0.15) is 0 Å². The van der Waals surface area contributed by atoms with E-state index in [2.05, 4.69) is 20.3 Å². The molecule has 0 spiro atoms. The second-order valence-corrected chi connectivity index (χ2v) is 6.07. The number of imidazole rings is 1. The molecule has 4 rings (SSSR count). The molecule has 0 atom stereocenters. The van der Waals surface area contributed by atoms with Crippen molar-refractivity contribution in [2.24, 2.45) is 0 Å². The highest BCUT2D eigenvalue weighted by Crippen LogP contribution is 2.23. The number of nitrogens with zero attached hydrogens (tertiary/aromatic N) is 1. The van der Waals surface area contributed by atoms with Gasteiger partial charge in [-0.15, -0.1) is 0 Å². The average molecular weight is 352 g/mol. The highest BCUT2D eigenvalue weighted by Gasteiger charge is 2.11. The summed E-state index contributed by atoms with van der Waals surface area (Å²) in [6, 6.07) is 14.6. The fourth-order valence-corrected chi connectivity index (χ4v) is 2.85. The van der Waals surface area contributed by atoms with Crippen LogP contribution in [-0.2, 0) is 0 Å². The number of H-pyrrole nitrogens is 2. The molecule has 2 aromatic carbocycles. The van der Waals surface area contributed by atoms with Gasteiger partial charge in [0.1, 0.15) is 5.69 Å². The van der Waals surface area contributed by atoms with Crippen molar-refractivity contribution in [3.05, 3.63) is 65.4 Å². The highest BCUT2D eigenvalue weighted by molar-refractivity contribution is 6.31. The molecule has 0 saturated heterocycles. The van der Waals surface area contributed by atoms with Crippen LogP contribution in [0.1, 0.15) is 10.5 Å². The summed E-state index contributed by atoms with van der Waals surface area (Å²) >= 11 is 5.98. The van der Waals surface area contributed by atoms with Gasteiger partial charge in [0.05, 0.1) is 11.9 Å². The van der Waals surface area contributed by atoms with Crippen LogP contribution < -0.4 is 11.1 Å². The van der Waals surface area contributed by atoms with Crippen LogP contribution in [0, 0.1) is 0 Å². The molecular formula is C18H14ClN5O. The van der Waals surface area contributed by atoms with E-state index in [0.29, 0.717) is 22.4 Å². The monoisotopic (exact) mass is 351 g/mol. The summed E-state index contributed by atoms with van der Waals surface area (Å²) in [5.74, 6) is 0.120. The van der Waals surface area contributed by atoms with Crippen molar-refractivity contribution in [3.8, 4) is 11.3 Å². The molecular weight excluding hydrogens is 338 g/mol. The molecule has 0 aliphatic carbocycles. The number of nitrogen functional groups attached to an aromatic ring is 1. The molecule has 0 aliphatic rings. The smallest absolute Gasteiger partial charge is 0.272 e. The SMILES string of the molecule is Nc1ncc(-c2cccc(NC(=O)c3cc4cc(Cl)ccc4[nH]3)c2)[nH]1. The van der Waals surface area contributed by atoms with Gasteiger partial charge in [-0.1, -0.05) is 23.7 Å². The summed E-state index contributed by atoms with van der Waals surface area (Å²) in [5.41, 5.74) is 9.27. The zero-order chi connectivity index (χ0) is 17.4. The summed E-state index contributed by atoms with van der Waals surface area (Å²) in [6.07, 6.45) is 1.65. The minimum atomic E-state index is -0.228. The number of aromatic nitrogens is 3. The number of nitrogens with two attached hydrogens (primary N) is 1. The third-order valence-corrected chi connectivity index (χ3v) is 4.09. The first-order valence-electron chi connectivity index (χ1n) is 7.59. The Kier molecular flexibility index (Phi) is 3.66. The van der Waals surface area contributed by atoms with E-state index in [-0.39, 0.29) is 5.91 Å². The van der Waals surface area contributed by atoms with Crippen molar-refractivity contribution in [3.63, 3.8) is 0 Å². The molecule has 0 aliphatic heterocycles. The van der Waals surface area contributed by atoms with Crippen LogP contribution in [0.25, 0.3) is 22.2 Å². The second-order valence-electron chi connectivity index (χ2n) is 5.63. The fourth-order valence-electron chi connectivity index (χ4n) is 2.67. The van der Waals surface area contributed by atoms with Crippen LogP contribution in [0.3, 0.4) is 0 Å². The number of rotatable bonds is 3. The van der Waals surface area contributed by atoms with Gasteiger partial charge < -0.3 is 21.0 Å². The lowest BCUT2D eigenvalue weighted by molar-refractivity contribution is 0.102. The molecule has 0 fully saturated rings. The Morgan fingerprint density at radius 3 is 2.80 bits per heavy atom. The topological polar surface area (TPSA) is 99.6 Å². The van der Waals surface area contributed by atoms with Gasteiger partial charge in [-0.25, -0.2) is 4.98 Å². The molecule has 5 N–H and O–H groups in total. The van der Waals surface area contributed by atoms with Crippen molar-refractivity contribution in [2.75, 3.05) is 11.1 Å². The molecule has 25 heavy (non-hydrogen) atoms. The first-order valence-corrected chi connectivity index (χ1v) is 7.97. The molecule has 2 aromatic heterocycles. The van der Waals surface area contributed by atoms with E-state index in [1.165, 1.54) is 0 Å². The number of amides is 1. The third-order valence-electron chi connectivity index (χ3n) is 3.85. The number of hydrogen-bond donors (Lipinski definition) is 4. The van der Waals surface area contributed by atoms with Crippen molar-refractivity contribution >= 4 is 40.0 Å². The fraction of sp³-hybridized carbons (Fsp3) is 0. The van der Waals surface area contributed by atoms with Crippen LogP contribution in [0.15, 0.2) is 54.7 Å². The molecule has 0 radical (unpaired) electrons. The lowest BCUT2D eigenvalue weighted by Gasteiger charge is -2.05. The number of hydrogen-bond acceptors (Lipinski definition) is 3. The standard InChI is InChI=1S/C18H14ClN5O/c19-12-4-5-14-11(6-12)8-15(23-14)17(25)22-13-3-1-2-10(7-13)16-9-21-18(20)24-16/h1-9,23H,(H,22,25)(H3,20,21,24). The van der Waals surface area contributed by atoms with E-state index in [4.69, 9.17) is 17.3 Å². The second kappa shape index (κ2) is 5.99. The van der Waals surface area contributed by atoms with E-state index in [1.54, 1.807) is 18.3 Å². The Labute approximate surface area is 148 Å². The third kappa shape index (κ3) is 3.07. The van der Waals surface area contributed by atoms with Gasteiger partial charge >= 0.3 is 0 Å². The molecule has 4 aromatic rings. The van der Waals surface area contributed by atoms with E-state index in [0.717, 1.165) is 22.2 Å². The van der Waals surface area contributed by atoms with E-state index in [1.807, 2.05) is 36.4 Å². The first kappa shape index (κ1) is 15.3. The number of benzene rings is 2. The summed E-state index contributed by atoms with van der Waals surface area (Å²) in [5, 5.41) is 4.40. The predicted octanol–water partition coefficient (Wildman–Crippen LogP) is 4.05. The van der Waals surface area contributed by atoms with Crippen LogP contribution in [0.4, 0.5) is 11.6 Å². The van der Waals surface area contributed by atoms with Gasteiger partial charge in [0, 0.05) is 27.2 Å². The molecule has 0 saturated carbocycles. The summed E-state index contributed by atoms with van der Waals surface area (Å²) in [7, 11) is 0. The zero-order valence-corrected chi connectivity index (χ0v) is 13.8. The van der Waals surface area contributed by atoms with Gasteiger partial charge in [0.2, 0.25) is 0 Å². The molecule has 2 heterocycles. The maximum atomic E-state index is 12.5. The maximum Gasteiger partial charge on any atom is 0.272 e. The Balaban J connectivity index is 1.59. The normalized spacial score (nSPS) is 10.9. The lowest BCUT2D eigenvalue weighted by atomic mass is 10.1. The Bertz CT molecular complexity index is 1080. The summed E-state index contributed by atoms with van der Waals surface area (Å²) in [4.78, 5) is 22.5. The van der Waals surface area contributed by atoms with Gasteiger partial charge in [0.15, 0.2) is 5.95 Å². The highest BCUT2D eigenvalue weighted by atomic mass is 35.5. The van der Waals surface area contributed by atoms with Crippen LogP contribution in [0.2, 0.25) is 5.02 Å². The minimum absolute atomic E-state index is 0.228. The largest absolute Gasteiger partial charge is 0.369 e. The molecule has 1 amide bonds. The van der Waals surface area contributed by atoms with E-state index >= 15 is 0 Å². The molecule has 0 unspecified atom stereocenters. The van der Waals surface area contributed by atoms with E-state index in [9.17, 15) is 4.79 Å². The number of anilines is 2. The number of fused-ring (bicyclic) bond motifs is 1. The average Bonchev–Trinajstić information content (AvgIpc) is 3.21. The Hall–Kier alpha value is -3.25. The van der Waals surface area contributed by atoms with E-state index < -0.39 is 0 Å². The number of halogens is 1. The first-order chi connectivity index (χ1) is 12.1. The van der Waals surface area contributed by atoms with Gasteiger partial charge in [-0.3, -0.25) is 4.79 Å². The maximum absolute atomic E-state index is 12.5. The van der Waals surface area contributed by atoms with Gasteiger partial charge in [-0.05, 0) is 36.4 Å². The minimum Gasteiger partial charge on any atom is -0.369 e. The summed E-state index contributed by atoms with van der Waals surface area (Å²) in [6.45, 7) is 0.